The average Bonchev–Trinajstić information content (AvgIpc) is 3.17. The summed E-state index contributed by atoms with van der Waals surface area (Å²) < 4.78 is 1.61. The molecular formula is C15H15N3O3. The van der Waals surface area contributed by atoms with Gasteiger partial charge in [-0.25, -0.2) is 9.48 Å². The lowest BCUT2D eigenvalue weighted by Gasteiger charge is -2.20. The van der Waals surface area contributed by atoms with Gasteiger partial charge in [0.25, 0.3) is 5.91 Å². The lowest BCUT2D eigenvalue weighted by molar-refractivity contribution is -0.141. The van der Waals surface area contributed by atoms with Crippen molar-refractivity contribution in [1.29, 1.82) is 0 Å². The van der Waals surface area contributed by atoms with Crippen molar-refractivity contribution in [1.82, 2.24) is 14.7 Å². The summed E-state index contributed by atoms with van der Waals surface area (Å²) in [4.78, 5) is 24.9. The topological polar surface area (TPSA) is 75.4 Å². The first-order valence-corrected chi connectivity index (χ1v) is 6.81. The van der Waals surface area contributed by atoms with Crippen molar-refractivity contribution in [3.63, 3.8) is 0 Å². The molecule has 1 aliphatic rings. The van der Waals surface area contributed by atoms with Crippen molar-refractivity contribution < 1.29 is 14.7 Å². The van der Waals surface area contributed by atoms with Crippen LogP contribution in [0.1, 0.15) is 23.3 Å². The highest BCUT2D eigenvalue weighted by atomic mass is 16.4. The highest BCUT2D eigenvalue weighted by Gasteiger charge is 2.35. The number of amides is 1. The minimum absolute atomic E-state index is 0.270. The Morgan fingerprint density at radius 3 is 2.67 bits per heavy atom. The first-order chi connectivity index (χ1) is 10.2. The zero-order valence-corrected chi connectivity index (χ0v) is 11.3. The number of nitrogens with zero attached hydrogens (tertiary/aromatic N) is 3. The van der Waals surface area contributed by atoms with Crippen molar-refractivity contribution in [2.24, 2.45) is 0 Å². The van der Waals surface area contributed by atoms with Crippen LogP contribution in [-0.4, -0.2) is 44.3 Å². The van der Waals surface area contributed by atoms with Gasteiger partial charge < -0.3 is 10.0 Å². The minimum atomic E-state index is -0.955. The maximum absolute atomic E-state index is 12.4. The Bertz CT molecular complexity index is 666. The van der Waals surface area contributed by atoms with Crippen LogP contribution >= 0.6 is 0 Å². The third-order valence-corrected chi connectivity index (χ3v) is 3.63. The SMILES string of the molecule is O=C(O)[C@@H]1CCCN1C(=O)c1ccn(-c2ccccc2)n1. The van der Waals surface area contributed by atoms with E-state index in [4.69, 9.17) is 5.11 Å². The standard InChI is InChI=1S/C15H15N3O3/c19-14(17-9-4-7-13(17)15(20)21)12-8-10-18(16-12)11-5-2-1-3-6-11/h1-3,5-6,8,10,13H,4,7,9H2,(H,20,21)/t13-/m0/s1. The number of para-hydroxylation sites is 1. The Morgan fingerprint density at radius 2 is 1.95 bits per heavy atom. The van der Waals surface area contributed by atoms with E-state index in [1.54, 1.807) is 16.9 Å². The molecular weight excluding hydrogens is 270 g/mol. The molecule has 0 radical (unpaired) electrons. The van der Waals surface area contributed by atoms with Gasteiger partial charge in [0, 0.05) is 12.7 Å². The lowest BCUT2D eigenvalue weighted by atomic mass is 10.2. The molecule has 1 N–H and O–H groups in total. The van der Waals surface area contributed by atoms with Crippen LogP contribution in [0.3, 0.4) is 0 Å². The van der Waals surface area contributed by atoms with Crippen LogP contribution in [0.15, 0.2) is 42.6 Å². The van der Waals surface area contributed by atoms with Gasteiger partial charge in [0.15, 0.2) is 5.69 Å². The van der Waals surface area contributed by atoms with Gasteiger partial charge >= 0.3 is 5.97 Å². The Kier molecular flexibility index (Phi) is 3.43. The third-order valence-electron chi connectivity index (χ3n) is 3.63. The van der Waals surface area contributed by atoms with E-state index in [2.05, 4.69) is 5.10 Å². The number of carbonyl (C=O) groups is 2. The molecule has 108 valence electrons. The molecule has 3 rings (SSSR count). The van der Waals surface area contributed by atoms with Crippen molar-refractivity contribution in [3.05, 3.63) is 48.3 Å². The number of carboxylic acids is 1. The van der Waals surface area contributed by atoms with Gasteiger partial charge in [0.05, 0.1) is 5.69 Å². The Balaban J connectivity index is 1.83. The smallest absolute Gasteiger partial charge is 0.326 e. The quantitative estimate of drug-likeness (QED) is 0.928. The molecule has 21 heavy (non-hydrogen) atoms. The number of carboxylic acid groups (broad SMARTS) is 1. The van der Waals surface area contributed by atoms with Gasteiger partial charge in [0.2, 0.25) is 0 Å². The van der Waals surface area contributed by atoms with Gasteiger partial charge in [-0.2, -0.15) is 5.10 Å². The van der Waals surface area contributed by atoms with Crippen molar-refractivity contribution >= 4 is 11.9 Å². The fourth-order valence-electron chi connectivity index (χ4n) is 2.58. The molecule has 1 aromatic carbocycles. The van der Waals surface area contributed by atoms with Gasteiger partial charge in [-0.05, 0) is 31.0 Å². The summed E-state index contributed by atoms with van der Waals surface area (Å²) >= 11 is 0. The zero-order valence-electron chi connectivity index (χ0n) is 11.3. The van der Waals surface area contributed by atoms with Gasteiger partial charge in [-0.1, -0.05) is 18.2 Å². The van der Waals surface area contributed by atoms with E-state index in [1.165, 1.54) is 4.90 Å². The van der Waals surface area contributed by atoms with Crippen LogP contribution in [-0.2, 0) is 4.79 Å². The van der Waals surface area contributed by atoms with Crippen LogP contribution in [0.2, 0.25) is 0 Å². The number of likely N-dealkylation sites (tertiary alicyclic amines) is 1. The average molecular weight is 285 g/mol. The highest BCUT2D eigenvalue weighted by Crippen LogP contribution is 2.20. The molecule has 1 saturated heterocycles. The second-order valence-electron chi connectivity index (χ2n) is 4.98. The second-order valence-corrected chi connectivity index (χ2v) is 4.98. The number of carbonyl (C=O) groups excluding carboxylic acids is 1. The fraction of sp³-hybridized carbons (Fsp3) is 0.267. The fourth-order valence-corrected chi connectivity index (χ4v) is 2.58. The zero-order chi connectivity index (χ0) is 14.8. The molecule has 0 unspecified atom stereocenters. The van der Waals surface area contributed by atoms with E-state index in [0.717, 1.165) is 5.69 Å². The molecule has 1 aliphatic heterocycles. The number of aromatic nitrogens is 2. The molecule has 1 aromatic heterocycles. The van der Waals surface area contributed by atoms with E-state index < -0.39 is 12.0 Å². The largest absolute Gasteiger partial charge is 0.480 e. The Morgan fingerprint density at radius 1 is 1.19 bits per heavy atom. The van der Waals surface area contributed by atoms with Crippen LogP contribution in [0.5, 0.6) is 0 Å². The normalized spacial score (nSPS) is 17.9. The predicted octanol–water partition coefficient (Wildman–Crippen LogP) is 1.56. The van der Waals surface area contributed by atoms with Crippen LogP contribution in [0, 0.1) is 0 Å². The predicted molar refractivity (Wildman–Crippen MR) is 75.3 cm³/mol. The van der Waals surface area contributed by atoms with Gasteiger partial charge in [-0.3, -0.25) is 4.79 Å². The molecule has 1 fully saturated rings. The van der Waals surface area contributed by atoms with Crippen molar-refractivity contribution in [2.45, 2.75) is 18.9 Å². The van der Waals surface area contributed by atoms with Crippen LogP contribution < -0.4 is 0 Å². The van der Waals surface area contributed by atoms with Crippen molar-refractivity contribution in [3.8, 4) is 5.69 Å². The van der Waals surface area contributed by atoms with Crippen molar-refractivity contribution in [2.75, 3.05) is 6.54 Å². The van der Waals surface area contributed by atoms with Gasteiger partial charge in [0.1, 0.15) is 6.04 Å². The molecule has 6 nitrogen and oxygen atoms in total. The third kappa shape index (κ3) is 2.52. The Labute approximate surface area is 121 Å². The summed E-state index contributed by atoms with van der Waals surface area (Å²) in [5.74, 6) is -1.28. The summed E-state index contributed by atoms with van der Waals surface area (Å²) in [5.41, 5.74) is 1.12. The molecule has 2 heterocycles. The summed E-state index contributed by atoms with van der Waals surface area (Å²) in [6.45, 7) is 0.466. The molecule has 2 aromatic rings. The van der Waals surface area contributed by atoms with E-state index in [9.17, 15) is 9.59 Å². The number of hydrogen-bond donors (Lipinski definition) is 1. The maximum atomic E-state index is 12.4. The van der Waals surface area contributed by atoms with Crippen LogP contribution in [0.4, 0.5) is 0 Å². The highest BCUT2D eigenvalue weighted by molar-refractivity contribution is 5.95. The van der Waals surface area contributed by atoms with Gasteiger partial charge in [-0.15, -0.1) is 0 Å². The van der Waals surface area contributed by atoms with E-state index in [-0.39, 0.29) is 11.6 Å². The molecule has 0 bridgehead atoms. The number of hydrogen-bond acceptors (Lipinski definition) is 3. The first-order valence-electron chi connectivity index (χ1n) is 6.81. The van der Waals surface area contributed by atoms with E-state index >= 15 is 0 Å². The number of rotatable bonds is 3. The molecule has 1 amide bonds. The summed E-state index contributed by atoms with van der Waals surface area (Å²) in [6, 6.07) is 10.3. The second kappa shape index (κ2) is 5.40. The minimum Gasteiger partial charge on any atom is -0.480 e. The summed E-state index contributed by atoms with van der Waals surface area (Å²) in [7, 11) is 0. The first kappa shape index (κ1) is 13.4. The van der Waals surface area contributed by atoms with E-state index in [1.807, 2.05) is 30.3 Å². The Hall–Kier alpha value is -2.63. The summed E-state index contributed by atoms with van der Waals surface area (Å²) in [6.07, 6.45) is 2.91. The molecule has 6 heteroatoms. The number of aliphatic carboxylic acids is 1. The maximum Gasteiger partial charge on any atom is 0.326 e. The molecule has 1 atom stereocenters. The molecule has 0 saturated carbocycles. The molecule has 0 spiro atoms. The monoisotopic (exact) mass is 285 g/mol. The lowest BCUT2D eigenvalue weighted by Crippen LogP contribution is -2.40. The number of benzene rings is 1. The van der Waals surface area contributed by atoms with E-state index in [0.29, 0.717) is 19.4 Å². The summed E-state index contributed by atoms with van der Waals surface area (Å²) in [5, 5.41) is 13.4. The molecule has 0 aliphatic carbocycles. The van der Waals surface area contributed by atoms with Crippen LogP contribution in [0.25, 0.3) is 5.69 Å².